The van der Waals surface area contributed by atoms with E-state index < -0.39 is 0 Å². The molecule has 0 bridgehead atoms. The predicted octanol–water partition coefficient (Wildman–Crippen LogP) is 4.44. The van der Waals surface area contributed by atoms with E-state index in [1.165, 1.54) is 11.8 Å². The van der Waals surface area contributed by atoms with Crippen LogP contribution in [0, 0.1) is 0 Å². The Morgan fingerprint density at radius 1 is 1.29 bits per heavy atom. The smallest absolute Gasteiger partial charge is 0.256 e. The van der Waals surface area contributed by atoms with Gasteiger partial charge in [-0.05, 0) is 49.9 Å². The van der Waals surface area contributed by atoms with Crippen molar-refractivity contribution in [1.82, 2.24) is 10.6 Å². The van der Waals surface area contributed by atoms with Crippen LogP contribution in [0.5, 0.6) is 5.75 Å². The molecule has 0 spiro atoms. The van der Waals surface area contributed by atoms with Gasteiger partial charge in [-0.2, -0.15) is 0 Å². The Kier molecular flexibility index (Phi) is 8.65. The quantitative estimate of drug-likeness (QED) is 0.693. The first-order chi connectivity index (χ1) is 11.3. The molecule has 0 radical (unpaired) electrons. The third kappa shape index (κ3) is 7.70. The summed E-state index contributed by atoms with van der Waals surface area (Å²) in [6, 6.07) is 5.98. The molecule has 1 rings (SSSR count). The number of nitrogens with one attached hydrogen (secondary N) is 2. The van der Waals surface area contributed by atoms with Crippen molar-refractivity contribution in [2.45, 2.75) is 53.3 Å². The van der Waals surface area contributed by atoms with Gasteiger partial charge in [0.05, 0.1) is 11.1 Å². The molecule has 0 unspecified atom stereocenters. The third-order valence-electron chi connectivity index (χ3n) is 2.91. The number of hydrogen-bond donors (Lipinski definition) is 2. The topological polar surface area (TPSA) is 50.4 Å². The molecule has 0 aliphatic rings. The van der Waals surface area contributed by atoms with Crippen molar-refractivity contribution < 1.29 is 9.53 Å². The highest BCUT2D eigenvalue weighted by molar-refractivity contribution is 8.05. The van der Waals surface area contributed by atoms with E-state index in [4.69, 9.17) is 4.74 Å². The molecule has 0 saturated heterocycles. The lowest BCUT2D eigenvalue weighted by molar-refractivity contribution is 0.0968. The minimum absolute atomic E-state index is 0.0504. The van der Waals surface area contributed by atoms with Crippen LogP contribution >= 0.6 is 11.8 Å². The molecule has 132 valence electrons. The second kappa shape index (κ2) is 10.2. The number of rotatable bonds is 9. The number of carbonyl (C=O) groups excluding carboxylic acids is 1. The van der Waals surface area contributed by atoms with E-state index in [9.17, 15) is 4.79 Å². The first kappa shape index (κ1) is 20.3. The molecular weight excluding hydrogens is 320 g/mol. The van der Waals surface area contributed by atoms with Gasteiger partial charge >= 0.3 is 0 Å². The Labute approximate surface area is 149 Å². The molecule has 4 nitrogen and oxygen atoms in total. The Balaban J connectivity index is 2.95. The molecule has 0 fully saturated rings. The van der Waals surface area contributed by atoms with Gasteiger partial charge in [0, 0.05) is 18.2 Å². The van der Waals surface area contributed by atoms with Crippen LogP contribution in [0.1, 0.15) is 50.5 Å². The van der Waals surface area contributed by atoms with Gasteiger partial charge < -0.3 is 15.4 Å². The third-order valence-corrected chi connectivity index (χ3v) is 3.71. The summed E-state index contributed by atoms with van der Waals surface area (Å²) in [5.41, 5.74) is 1.58. The summed E-state index contributed by atoms with van der Waals surface area (Å²) in [6.45, 7) is 14.6. The molecule has 5 heteroatoms. The van der Waals surface area contributed by atoms with Crippen LogP contribution < -0.4 is 15.4 Å². The predicted molar refractivity (Wildman–Crippen MR) is 103 cm³/mol. The van der Waals surface area contributed by atoms with Crippen molar-refractivity contribution in [1.29, 1.82) is 0 Å². The van der Waals surface area contributed by atoms with Gasteiger partial charge in [-0.25, -0.2) is 0 Å². The van der Waals surface area contributed by atoms with Gasteiger partial charge in [-0.3, -0.25) is 4.79 Å². The van der Waals surface area contributed by atoms with Gasteiger partial charge in [-0.1, -0.05) is 38.3 Å². The molecule has 0 aliphatic carbocycles. The van der Waals surface area contributed by atoms with E-state index >= 15 is 0 Å². The van der Waals surface area contributed by atoms with Crippen LogP contribution in [0.25, 0.3) is 0 Å². The van der Waals surface area contributed by atoms with E-state index in [1.54, 1.807) is 6.07 Å². The Morgan fingerprint density at radius 3 is 2.58 bits per heavy atom. The fourth-order valence-corrected chi connectivity index (χ4v) is 2.39. The maximum Gasteiger partial charge on any atom is 0.256 e. The first-order valence-electron chi connectivity index (χ1n) is 8.14. The number of ether oxygens (including phenoxy) is 1. The van der Waals surface area contributed by atoms with Crippen LogP contribution in [0.15, 0.2) is 41.3 Å². The lowest BCUT2D eigenvalue weighted by atomic mass is 10.1. The molecule has 0 aromatic heterocycles. The first-order valence-corrected chi connectivity index (χ1v) is 9.01. The number of thioether (sulfide) groups is 1. The molecule has 0 aliphatic heterocycles. The summed E-state index contributed by atoms with van der Waals surface area (Å²) in [6.07, 6.45) is 1.95. The monoisotopic (exact) mass is 348 g/mol. The number of hydrogen-bond acceptors (Lipinski definition) is 4. The van der Waals surface area contributed by atoms with Crippen molar-refractivity contribution in [2.24, 2.45) is 0 Å². The Hall–Kier alpha value is -1.72. The highest BCUT2D eigenvalue weighted by Gasteiger charge is 2.11. The van der Waals surface area contributed by atoms with Gasteiger partial charge in [-0.15, -0.1) is 0 Å². The highest BCUT2D eigenvalue weighted by Crippen LogP contribution is 2.20. The van der Waals surface area contributed by atoms with Crippen molar-refractivity contribution in [3.05, 3.63) is 52.4 Å². The zero-order valence-corrected chi connectivity index (χ0v) is 16.0. The summed E-state index contributed by atoms with van der Waals surface area (Å²) in [7, 11) is 0. The van der Waals surface area contributed by atoms with Gasteiger partial charge in [0.15, 0.2) is 0 Å². The molecule has 1 aromatic rings. The van der Waals surface area contributed by atoms with E-state index in [0.29, 0.717) is 28.9 Å². The van der Waals surface area contributed by atoms with Crippen LogP contribution in [0.2, 0.25) is 0 Å². The minimum atomic E-state index is -0.183. The van der Waals surface area contributed by atoms with Gasteiger partial charge in [0.25, 0.3) is 5.91 Å². The Morgan fingerprint density at radius 2 is 2.00 bits per heavy atom. The molecule has 24 heavy (non-hydrogen) atoms. The molecule has 2 N–H and O–H groups in total. The van der Waals surface area contributed by atoms with Crippen LogP contribution in [-0.4, -0.2) is 18.1 Å². The zero-order chi connectivity index (χ0) is 18.1. The summed E-state index contributed by atoms with van der Waals surface area (Å²) < 4.78 is 5.78. The molecule has 1 aromatic carbocycles. The van der Waals surface area contributed by atoms with Crippen LogP contribution in [-0.2, 0) is 6.54 Å². The fourth-order valence-electron chi connectivity index (χ4n) is 1.93. The summed E-state index contributed by atoms with van der Waals surface area (Å²) >= 11 is 1.38. The summed E-state index contributed by atoms with van der Waals surface area (Å²) in [5, 5.41) is 8.63. The van der Waals surface area contributed by atoms with Gasteiger partial charge in [0.2, 0.25) is 0 Å². The minimum Gasteiger partial charge on any atom is -0.491 e. The summed E-state index contributed by atoms with van der Waals surface area (Å²) in [5.74, 6) is 0.516. The van der Waals surface area contributed by atoms with Gasteiger partial charge in [0.1, 0.15) is 5.75 Å². The summed E-state index contributed by atoms with van der Waals surface area (Å²) in [4.78, 5) is 12.5. The second-order valence-electron chi connectivity index (χ2n) is 6.03. The standard InChI is InChI=1S/C19H28N2O2S/c1-7-8-24-15(6)21-19(22)17-9-16(12-20-13(2)3)10-18(11-17)23-14(4)5/h7-11,13-14,20H,6,12H2,1-5H3,(H,21,22)/b8-7-. The van der Waals surface area contributed by atoms with E-state index in [-0.39, 0.29) is 12.0 Å². The molecule has 0 saturated carbocycles. The SMILES string of the molecule is C=C(NC(=O)c1cc(CNC(C)C)cc(OC(C)C)c1)S/C=C\C. The van der Waals surface area contributed by atoms with Crippen LogP contribution in [0.4, 0.5) is 0 Å². The lowest BCUT2D eigenvalue weighted by Gasteiger charge is -2.15. The highest BCUT2D eigenvalue weighted by atomic mass is 32.2. The van der Waals surface area contributed by atoms with Crippen LogP contribution in [0.3, 0.4) is 0 Å². The van der Waals surface area contributed by atoms with Crippen molar-refractivity contribution in [2.75, 3.05) is 0 Å². The van der Waals surface area contributed by atoms with Crippen molar-refractivity contribution in [3.8, 4) is 5.75 Å². The molecule has 0 atom stereocenters. The molecular formula is C19H28N2O2S. The van der Waals surface area contributed by atoms with Crippen molar-refractivity contribution >= 4 is 17.7 Å². The molecule has 0 heterocycles. The second-order valence-corrected chi connectivity index (χ2v) is 7.03. The zero-order valence-electron chi connectivity index (χ0n) is 15.2. The van der Waals surface area contributed by atoms with Crippen molar-refractivity contribution in [3.63, 3.8) is 0 Å². The van der Waals surface area contributed by atoms with E-state index in [1.807, 2.05) is 44.4 Å². The van der Waals surface area contributed by atoms with E-state index in [2.05, 4.69) is 31.1 Å². The average molecular weight is 349 g/mol. The van der Waals surface area contributed by atoms with E-state index in [0.717, 1.165) is 5.56 Å². The molecule has 1 amide bonds. The number of amides is 1. The lowest BCUT2D eigenvalue weighted by Crippen LogP contribution is -2.23. The average Bonchev–Trinajstić information content (AvgIpc) is 2.50. The normalized spacial score (nSPS) is 11.3. The number of carbonyl (C=O) groups is 1. The number of benzene rings is 1. The fraction of sp³-hybridized carbons (Fsp3) is 0.421. The Bertz CT molecular complexity index is 595. The largest absolute Gasteiger partial charge is 0.491 e. The maximum atomic E-state index is 12.5. The maximum absolute atomic E-state index is 12.5. The number of allylic oxidation sites excluding steroid dienone is 1.